The zero-order chi connectivity index (χ0) is 13.3. The summed E-state index contributed by atoms with van der Waals surface area (Å²) in [7, 11) is 0. The van der Waals surface area contributed by atoms with E-state index in [0.717, 1.165) is 30.8 Å². The molecule has 0 bridgehead atoms. The summed E-state index contributed by atoms with van der Waals surface area (Å²) in [5, 5.41) is -0.765. The van der Waals surface area contributed by atoms with E-state index in [1.807, 2.05) is 0 Å². The van der Waals surface area contributed by atoms with Gasteiger partial charge in [0, 0.05) is 36.8 Å². The summed E-state index contributed by atoms with van der Waals surface area (Å²) in [5.41, 5.74) is 5.91. The van der Waals surface area contributed by atoms with Gasteiger partial charge in [-0.3, -0.25) is 4.90 Å². The summed E-state index contributed by atoms with van der Waals surface area (Å²) in [4.78, 5) is 6.23. The van der Waals surface area contributed by atoms with Crippen molar-refractivity contribution in [2.75, 3.05) is 13.1 Å². The average Bonchev–Trinajstić information content (AvgIpc) is 2.72. The maximum absolute atomic E-state index is 12.4. The van der Waals surface area contributed by atoms with E-state index in [1.54, 1.807) is 0 Å². The number of rotatable bonds is 2. The molecule has 1 aromatic rings. The molecule has 0 radical (unpaired) electrons. The smallest absolute Gasteiger partial charge is 0.327 e. The topological polar surface area (TPSA) is 42.2 Å². The Bertz CT molecular complexity index is 410. The molecule has 2 N–H and O–H groups in total. The highest BCUT2D eigenvalue weighted by Crippen LogP contribution is 2.33. The van der Waals surface area contributed by atoms with Crippen LogP contribution >= 0.6 is 23.7 Å². The number of piperidine rings is 1. The Morgan fingerprint density at radius 1 is 1.53 bits per heavy atom. The fourth-order valence-electron chi connectivity index (χ4n) is 2.13. The van der Waals surface area contributed by atoms with E-state index in [-0.39, 0.29) is 18.4 Å². The standard InChI is InChI=1S/C11H16F3N3S.ClH/c1-7-5-17(3-2-9(7)15)6-8-4-16-10(18-8)11(12,13)14;/h4,7,9H,2-3,5-6,15H2,1H3;1H. The lowest BCUT2D eigenvalue weighted by molar-refractivity contribution is -0.137. The summed E-state index contributed by atoms with van der Waals surface area (Å²) in [6, 6.07) is 0.202. The van der Waals surface area contributed by atoms with Gasteiger partial charge in [0.2, 0.25) is 0 Å². The van der Waals surface area contributed by atoms with E-state index >= 15 is 0 Å². The fraction of sp³-hybridized carbons (Fsp3) is 0.727. The van der Waals surface area contributed by atoms with Crippen LogP contribution in [0.1, 0.15) is 23.2 Å². The number of nitrogens with two attached hydrogens (primary N) is 1. The van der Waals surface area contributed by atoms with Crippen LogP contribution in [0, 0.1) is 5.92 Å². The molecule has 1 aromatic heterocycles. The molecule has 110 valence electrons. The number of nitrogens with zero attached hydrogens (tertiary/aromatic N) is 2. The van der Waals surface area contributed by atoms with Crippen molar-refractivity contribution in [1.82, 2.24) is 9.88 Å². The number of hydrogen-bond acceptors (Lipinski definition) is 4. The summed E-state index contributed by atoms with van der Waals surface area (Å²) < 4.78 is 37.2. The third kappa shape index (κ3) is 4.30. The molecule has 1 fully saturated rings. The van der Waals surface area contributed by atoms with Gasteiger partial charge in [-0.25, -0.2) is 4.98 Å². The van der Waals surface area contributed by atoms with Crippen LogP contribution in [-0.2, 0) is 12.7 Å². The lowest BCUT2D eigenvalue weighted by Crippen LogP contribution is -2.45. The van der Waals surface area contributed by atoms with Crippen LogP contribution in [0.3, 0.4) is 0 Å². The summed E-state index contributed by atoms with van der Waals surface area (Å²) >= 11 is 0.726. The lowest BCUT2D eigenvalue weighted by Gasteiger charge is -2.34. The van der Waals surface area contributed by atoms with Gasteiger partial charge in [0.25, 0.3) is 0 Å². The summed E-state index contributed by atoms with van der Waals surface area (Å²) in [5.74, 6) is 0.383. The number of likely N-dealkylation sites (tertiary alicyclic amines) is 1. The minimum Gasteiger partial charge on any atom is -0.327 e. The highest BCUT2D eigenvalue weighted by molar-refractivity contribution is 7.11. The molecular weight excluding hydrogens is 299 g/mol. The van der Waals surface area contributed by atoms with Crippen molar-refractivity contribution in [3.63, 3.8) is 0 Å². The van der Waals surface area contributed by atoms with Gasteiger partial charge in [-0.05, 0) is 12.3 Å². The summed E-state index contributed by atoms with van der Waals surface area (Å²) in [6.45, 7) is 4.28. The molecule has 1 saturated heterocycles. The molecule has 0 aromatic carbocycles. The van der Waals surface area contributed by atoms with Gasteiger partial charge in [-0.1, -0.05) is 6.92 Å². The Balaban J connectivity index is 0.00000180. The zero-order valence-electron chi connectivity index (χ0n) is 10.5. The molecule has 0 spiro atoms. The SMILES string of the molecule is CC1CN(Cc2cnc(C(F)(F)F)s2)CCC1N.Cl. The Kier molecular flexibility index (Phi) is 5.61. The van der Waals surface area contributed by atoms with Gasteiger partial charge in [-0.15, -0.1) is 23.7 Å². The minimum absolute atomic E-state index is 0. The van der Waals surface area contributed by atoms with E-state index in [1.165, 1.54) is 6.20 Å². The largest absolute Gasteiger partial charge is 0.443 e. The first-order valence-corrected chi connectivity index (χ1v) is 6.67. The van der Waals surface area contributed by atoms with Crippen molar-refractivity contribution in [2.24, 2.45) is 11.7 Å². The third-order valence-corrected chi connectivity index (χ3v) is 4.26. The van der Waals surface area contributed by atoms with Crippen LogP contribution in [-0.4, -0.2) is 29.0 Å². The Hall–Kier alpha value is -0.370. The maximum atomic E-state index is 12.4. The van der Waals surface area contributed by atoms with Gasteiger partial charge in [-0.2, -0.15) is 13.2 Å². The quantitative estimate of drug-likeness (QED) is 0.912. The molecule has 2 unspecified atom stereocenters. The van der Waals surface area contributed by atoms with Gasteiger partial charge >= 0.3 is 6.18 Å². The van der Waals surface area contributed by atoms with Crippen molar-refractivity contribution in [1.29, 1.82) is 0 Å². The number of halogens is 4. The second kappa shape index (κ2) is 6.39. The van der Waals surface area contributed by atoms with Gasteiger partial charge in [0.15, 0.2) is 5.01 Å². The van der Waals surface area contributed by atoms with Gasteiger partial charge < -0.3 is 5.73 Å². The molecule has 2 rings (SSSR count). The first-order valence-electron chi connectivity index (χ1n) is 5.86. The van der Waals surface area contributed by atoms with E-state index < -0.39 is 11.2 Å². The number of aromatic nitrogens is 1. The van der Waals surface area contributed by atoms with E-state index in [0.29, 0.717) is 17.3 Å². The normalized spacial score (nSPS) is 25.1. The van der Waals surface area contributed by atoms with Crippen molar-refractivity contribution in [2.45, 2.75) is 32.1 Å². The molecule has 3 nitrogen and oxygen atoms in total. The molecule has 1 aliphatic heterocycles. The van der Waals surface area contributed by atoms with Gasteiger partial charge in [0.1, 0.15) is 0 Å². The number of thiazole rings is 1. The van der Waals surface area contributed by atoms with Crippen LogP contribution in [0.15, 0.2) is 6.20 Å². The number of hydrogen-bond donors (Lipinski definition) is 1. The Labute approximate surface area is 120 Å². The molecule has 2 heterocycles. The highest BCUT2D eigenvalue weighted by Gasteiger charge is 2.34. The van der Waals surface area contributed by atoms with E-state index in [4.69, 9.17) is 5.73 Å². The van der Waals surface area contributed by atoms with E-state index in [9.17, 15) is 13.2 Å². The second-order valence-electron chi connectivity index (χ2n) is 4.79. The molecule has 8 heteroatoms. The van der Waals surface area contributed by atoms with Gasteiger partial charge in [0.05, 0.1) is 0 Å². The molecule has 0 saturated carbocycles. The number of alkyl halides is 3. The predicted octanol–water partition coefficient (Wildman–Crippen LogP) is 2.75. The first-order chi connectivity index (χ1) is 8.36. The molecule has 1 aliphatic rings. The van der Waals surface area contributed by atoms with Crippen molar-refractivity contribution in [3.05, 3.63) is 16.1 Å². The van der Waals surface area contributed by atoms with Crippen molar-refractivity contribution in [3.8, 4) is 0 Å². The third-order valence-electron chi connectivity index (χ3n) is 3.23. The molecule has 0 amide bonds. The fourth-order valence-corrected chi connectivity index (χ4v) is 2.95. The maximum Gasteiger partial charge on any atom is 0.443 e. The Morgan fingerprint density at radius 3 is 2.74 bits per heavy atom. The predicted molar refractivity (Wildman–Crippen MR) is 71.4 cm³/mol. The Morgan fingerprint density at radius 2 is 2.21 bits per heavy atom. The van der Waals surface area contributed by atoms with Crippen LogP contribution in [0.2, 0.25) is 0 Å². The monoisotopic (exact) mass is 315 g/mol. The second-order valence-corrected chi connectivity index (χ2v) is 5.91. The first kappa shape index (κ1) is 16.7. The minimum atomic E-state index is -4.33. The molecule has 19 heavy (non-hydrogen) atoms. The van der Waals surface area contributed by atoms with Crippen LogP contribution in [0.4, 0.5) is 13.2 Å². The van der Waals surface area contributed by atoms with Crippen molar-refractivity contribution >= 4 is 23.7 Å². The van der Waals surface area contributed by atoms with Crippen LogP contribution in [0.5, 0.6) is 0 Å². The lowest BCUT2D eigenvalue weighted by atomic mass is 9.95. The van der Waals surface area contributed by atoms with Crippen LogP contribution < -0.4 is 5.73 Å². The molecule has 0 aliphatic carbocycles. The highest BCUT2D eigenvalue weighted by atomic mass is 35.5. The zero-order valence-corrected chi connectivity index (χ0v) is 12.1. The molecule has 2 atom stereocenters. The average molecular weight is 316 g/mol. The molecular formula is C11H17ClF3N3S. The summed E-state index contributed by atoms with van der Waals surface area (Å²) in [6.07, 6.45) is -2.11. The van der Waals surface area contributed by atoms with Crippen molar-refractivity contribution < 1.29 is 13.2 Å². The van der Waals surface area contributed by atoms with Crippen LogP contribution in [0.25, 0.3) is 0 Å². The van der Waals surface area contributed by atoms with E-state index in [2.05, 4.69) is 16.8 Å².